The molecule has 3 rings (SSSR count). The number of thioether (sulfide) groups is 1. The van der Waals surface area contributed by atoms with Gasteiger partial charge in [-0.25, -0.2) is 4.98 Å². The van der Waals surface area contributed by atoms with Crippen LogP contribution in [0.25, 0.3) is 0 Å². The van der Waals surface area contributed by atoms with Crippen LogP contribution in [0.3, 0.4) is 0 Å². The summed E-state index contributed by atoms with van der Waals surface area (Å²) in [6, 6.07) is 8.71. The van der Waals surface area contributed by atoms with Crippen molar-refractivity contribution < 1.29 is 0 Å². The van der Waals surface area contributed by atoms with Crippen LogP contribution < -0.4 is 5.32 Å². The van der Waals surface area contributed by atoms with Gasteiger partial charge < -0.3 is 9.88 Å². The lowest BCUT2D eigenvalue weighted by atomic mass is 10.1. The molecule has 94 valence electrons. The second kappa shape index (κ2) is 5.16. The number of nitrogens with zero attached hydrogens (tertiary/aromatic N) is 2. The van der Waals surface area contributed by atoms with E-state index >= 15 is 0 Å². The highest BCUT2D eigenvalue weighted by atomic mass is 32.2. The fourth-order valence-electron chi connectivity index (χ4n) is 2.28. The van der Waals surface area contributed by atoms with E-state index in [0.717, 1.165) is 18.9 Å². The van der Waals surface area contributed by atoms with Crippen molar-refractivity contribution in [1.82, 2.24) is 14.9 Å². The SMILES string of the molecule is Cn1ccnc1CNCC1Cc2ccccc2S1. The maximum atomic E-state index is 4.31. The van der Waals surface area contributed by atoms with Crippen molar-refractivity contribution in [3.8, 4) is 0 Å². The maximum Gasteiger partial charge on any atom is 0.122 e. The molecule has 0 spiro atoms. The molecule has 2 aromatic rings. The average molecular weight is 259 g/mol. The van der Waals surface area contributed by atoms with E-state index in [4.69, 9.17) is 0 Å². The number of nitrogens with one attached hydrogen (secondary N) is 1. The first-order valence-electron chi connectivity index (χ1n) is 6.24. The summed E-state index contributed by atoms with van der Waals surface area (Å²) >= 11 is 1.99. The van der Waals surface area contributed by atoms with Crippen LogP contribution in [0.4, 0.5) is 0 Å². The van der Waals surface area contributed by atoms with Gasteiger partial charge in [-0.05, 0) is 18.1 Å². The number of rotatable bonds is 4. The Bertz CT molecular complexity index is 510. The van der Waals surface area contributed by atoms with Crippen LogP contribution in [0.5, 0.6) is 0 Å². The van der Waals surface area contributed by atoms with Gasteiger partial charge in [-0.3, -0.25) is 0 Å². The van der Waals surface area contributed by atoms with Gasteiger partial charge in [-0.2, -0.15) is 0 Å². The highest BCUT2D eigenvalue weighted by Crippen LogP contribution is 2.36. The second-order valence-electron chi connectivity index (χ2n) is 4.64. The van der Waals surface area contributed by atoms with Crippen LogP contribution in [0.2, 0.25) is 0 Å². The zero-order valence-electron chi connectivity index (χ0n) is 10.5. The largest absolute Gasteiger partial charge is 0.337 e. The lowest BCUT2D eigenvalue weighted by Gasteiger charge is -2.09. The minimum atomic E-state index is 0.655. The van der Waals surface area contributed by atoms with Crippen molar-refractivity contribution in [3.63, 3.8) is 0 Å². The number of aromatic nitrogens is 2. The summed E-state index contributed by atoms with van der Waals surface area (Å²) in [6.45, 7) is 1.88. The van der Waals surface area contributed by atoms with Crippen LogP contribution >= 0.6 is 11.8 Å². The van der Waals surface area contributed by atoms with Crippen molar-refractivity contribution in [2.45, 2.75) is 23.1 Å². The summed E-state index contributed by atoms with van der Waals surface area (Å²) in [6.07, 6.45) is 5.00. The van der Waals surface area contributed by atoms with E-state index in [1.165, 1.54) is 16.9 Å². The van der Waals surface area contributed by atoms with Crippen LogP contribution in [-0.2, 0) is 20.0 Å². The topological polar surface area (TPSA) is 29.9 Å². The zero-order chi connectivity index (χ0) is 12.4. The number of aryl methyl sites for hydroxylation is 1. The third kappa shape index (κ3) is 2.44. The molecule has 1 atom stereocenters. The van der Waals surface area contributed by atoms with Gasteiger partial charge in [-0.1, -0.05) is 18.2 Å². The van der Waals surface area contributed by atoms with Gasteiger partial charge in [0.05, 0.1) is 6.54 Å². The fraction of sp³-hybridized carbons (Fsp3) is 0.357. The molecular formula is C14H17N3S. The fourth-order valence-corrected chi connectivity index (χ4v) is 3.56. The van der Waals surface area contributed by atoms with E-state index in [1.54, 1.807) is 0 Å². The first-order valence-corrected chi connectivity index (χ1v) is 7.12. The molecule has 0 saturated carbocycles. The molecule has 1 N–H and O–H groups in total. The normalized spacial score (nSPS) is 17.9. The van der Waals surface area contributed by atoms with E-state index in [0.29, 0.717) is 5.25 Å². The zero-order valence-corrected chi connectivity index (χ0v) is 11.3. The van der Waals surface area contributed by atoms with Crippen LogP contribution in [-0.4, -0.2) is 21.3 Å². The van der Waals surface area contributed by atoms with Crippen molar-refractivity contribution in [2.24, 2.45) is 7.05 Å². The third-order valence-corrected chi connectivity index (χ3v) is 4.61. The van der Waals surface area contributed by atoms with E-state index < -0.39 is 0 Å². The maximum absolute atomic E-state index is 4.31. The summed E-state index contributed by atoms with van der Waals surface area (Å²) < 4.78 is 2.06. The summed E-state index contributed by atoms with van der Waals surface area (Å²) in [5.41, 5.74) is 1.49. The predicted molar refractivity (Wildman–Crippen MR) is 74.7 cm³/mol. The van der Waals surface area contributed by atoms with Crippen LogP contribution in [0.1, 0.15) is 11.4 Å². The minimum absolute atomic E-state index is 0.655. The number of hydrogen-bond acceptors (Lipinski definition) is 3. The molecule has 1 aliphatic rings. The van der Waals surface area contributed by atoms with Crippen LogP contribution in [0, 0.1) is 0 Å². The van der Waals surface area contributed by atoms with Gasteiger partial charge in [0.1, 0.15) is 5.82 Å². The Morgan fingerprint density at radius 1 is 1.44 bits per heavy atom. The monoisotopic (exact) mass is 259 g/mol. The van der Waals surface area contributed by atoms with Gasteiger partial charge in [0.2, 0.25) is 0 Å². The Morgan fingerprint density at radius 3 is 3.11 bits per heavy atom. The molecule has 1 aromatic heterocycles. The number of imidazole rings is 1. The molecule has 0 fully saturated rings. The van der Waals surface area contributed by atoms with Gasteiger partial charge in [-0.15, -0.1) is 11.8 Å². The number of fused-ring (bicyclic) bond motifs is 1. The molecule has 0 aliphatic carbocycles. The van der Waals surface area contributed by atoms with Crippen LogP contribution in [0.15, 0.2) is 41.6 Å². The van der Waals surface area contributed by atoms with Crippen molar-refractivity contribution >= 4 is 11.8 Å². The summed E-state index contributed by atoms with van der Waals surface area (Å²) in [5.74, 6) is 1.09. The summed E-state index contributed by atoms with van der Waals surface area (Å²) in [4.78, 5) is 5.76. The molecular weight excluding hydrogens is 242 g/mol. The summed E-state index contributed by atoms with van der Waals surface area (Å²) in [5, 5.41) is 4.16. The van der Waals surface area contributed by atoms with Gasteiger partial charge >= 0.3 is 0 Å². The van der Waals surface area contributed by atoms with E-state index in [9.17, 15) is 0 Å². The van der Waals surface area contributed by atoms with E-state index in [-0.39, 0.29) is 0 Å². The highest BCUT2D eigenvalue weighted by Gasteiger charge is 2.21. The molecule has 4 heteroatoms. The molecule has 0 saturated heterocycles. The highest BCUT2D eigenvalue weighted by molar-refractivity contribution is 8.00. The molecule has 18 heavy (non-hydrogen) atoms. The lowest BCUT2D eigenvalue weighted by Crippen LogP contribution is -2.25. The average Bonchev–Trinajstić information content (AvgIpc) is 2.96. The summed E-state index contributed by atoms with van der Waals surface area (Å²) in [7, 11) is 2.03. The van der Waals surface area contributed by atoms with Crippen molar-refractivity contribution in [1.29, 1.82) is 0 Å². The smallest absolute Gasteiger partial charge is 0.122 e. The first kappa shape index (κ1) is 11.8. The van der Waals surface area contributed by atoms with Gasteiger partial charge in [0, 0.05) is 36.1 Å². The Balaban J connectivity index is 1.50. The minimum Gasteiger partial charge on any atom is -0.337 e. The van der Waals surface area contributed by atoms with Gasteiger partial charge in [0.15, 0.2) is 0 Å². The molecule has 0 bridgehead atoms. The molecule has 0 radical (unpaired) electrons. The predicted octanol–water partition coefficient (Wildman–Crippen LogP) is 2.23. The first-order chi connectivity index (χ1) is 8.83. The standard InChI is InChI=1S/C14H17N3S/c1-17-7-6-16-14(17)10-15-9-12-8-11-4-2-3-5-13(11)18-12/h2-7,12,15H,8-10H2,1H3. The van der Waals surface area contributed by atoms with Gasteiger partial charge in [0.25, 0.3) is 0 Å². The Morgan fingerprint density at radius 2 is 2.33 bits per heavy atom. The number of benzene rings is 1. The third-order valence-electron chi connectivity index (χ3n) is 3.29. The Labute approximate surface area is 112 Å². The molecule has 3 nitrogen and oxygen atoms in total. The second-order valence-corrected chi connectivity index (χ2v) is 5.98. The van der Waals surface area contributed by atoms with E-state index in [1.807, 2.05) is 31.2 Å². The molecule has 2 heterocycles. The molecule has 1 unspecified atom stereocenters. The Hall–Kier alpha value is -1.26. The Kier molecular flexibility index (Phi) is 3.39. The molecule has 1 aromatic carbocycles. The van der Waals surface area contributed by atoms with Crippen molar-refractivity contribution in [3.05, 3.63) is 48.0 Å². The van der Waals surface area contributed by atoms with E-state index in [2.05, 4.69) is 39.1 Å². The van der Waals surface area contributed by atoms with Crippen molar-refractivity contribution in [2.75, 3.05) is 6.54 Å². The quantitative estimate of drug-likeness (QED) is 0.913. The number of hydrogen-bond donors (Lipinski definition) is 1. The molecule has 0 amide bonds. The molecule has 1 aliphatic heterocycles. The lowest BCUT2D eigenvalue weighted by molar-refractivity contribution is 0.624.